The van der Waals surface area contributed by atoms with Crippen LogP contribution in [0.5, 0.6) is 11.5 Å². The molecule has 2 aromatic rings. The fourth-order valence-corrected chi connectivity index (χ4v) is 4.09. The molecule has 1 aromatic heterocycles. The predicted octanol–water partition coefficient (Wildman–Crippen LogP) is 5.24. The number of hydrogen-bond acceptors (Lipinski definition) is 6. The first-order valence-electron chi connectivity index (χ1n) is 8.91. The van der Waals surface area contributed by atoms with Gasteiger partial charge in [-0.05, 0) is 36.8 Å². The van der Waals surface area contributed by atoms with Crippen LogP contribution in [0.15, 0.2) is 18.2 Å². The predicted molar refractivity (Wildman–Crippen MR) is 112 cm³/mol. The van der Waals surface area contributed by atoms with Gasteiger partial charge < -0.3 is 14.2 Å². The van der Waals surface area contributed by atoms with Crippen molar-refractivity contribution in [3.63, 3.8) is 0 Å². The van der Waals surface area contributed by atoms with Crippen molar-refractivity contribution in [3.05, 3.63) is 23.1 Å². The molecule has 0 spiro atoms. The largest absolute Gasteiger partial charge is 0.493 e. The summed E-state index contributed by atoms with van der Waals surface area (Å²) in [7, 11) is 2.94. The number of unbranched alkanes of at least 4 members (excludes halogenated alkanes) is 2. The Hall–Kier alpha value is -1.60. The summed E-state index contributed by atoms with van der Waals surface area (Å²) in [5, 5.41) is 1.94. The molecule has 27 heavy (non-hydrogen) atoms. The topological polar surface area (TPSA) is 61.8 Å². The lowest BCUT2D eigenvalue weighted by atomic mass is 10.0. The number of hydrogen-bond donors (Lipinski definition) is 0. The average Bonchev–Trinajstić information content (AvgIpc) is 3.09. The van der Waals surface area contributed by atoms with Crippen LogP contribution in [0.4, 0.5) is 0 Å². The molecule has 0 saturated heterocycles. The van der Waals surface area contributed by atoms with Gasteiger partial charge in [-0.1, -0.05) is 22.9 Å². The van der Waals surface area contributed by atoms with Crippen molar-refractivity contribution in [3.8, 4) is 11.5 Å². The minimum absolute atomic E-state index is 0.0645. The second-order valence-corrected chi connectivity index (χ2v) is 8.18. The van der Waals surface area contributed by atoms with Gasteiger partial charge in [-0.15, -0.1) is 11.3 Å². The molecule has 5 nitrogen and oxygen atoms in total. The Morgan fingerprint density at radius 1 is 1.11 bits per heavy atom. The molecule has 0 aliphatic carbocycles. The van der Waals surface area contributed by atoms with E-state index in [4.69, 9.17) is 14.2 Å². The van der Waals surface area contributed by atoms with Crippen molar-refractivity contribution in [2.75, 3.05) is 26.2 Å². The summed E-state index contributed by atoms with van der Waals surface area (Å²) in [6.07, 6.45) is 3.34. The van der Waals surface area contributed by atoms with E-state index in [9.17, 15) is 9.59 Å². The smallest absolute Gasteiger partial charge is 0.308 e. The van der Waals surface area contributed by atoms with Crippen molar-refractivity contribution >= 4 is 49.1 Å². The number of methoxy groups -OCH3 is 2. The zero-order valence-electron chi connectivity index (χ0n) is 15.9. The van der Waals surface area contributed by atoms with E-state index >= 15 is 0 Å². The molecule has 2 rings (SSSR count). The average molecular weight is 457 g/mol. The lowest BCUT2D eigenvalue weighted by Crippen LogP contribution is -2.16. The second kappa shape index (κ2) is 10.7. The lowest BCUT2D eigenvalue weighted by Gasteiger charge is -2.10. The quantitative estimate of drug-likeness (QED) is 0.200. The number of rotatable bonds is 11. The molecule has 7 heteroatoms. The van der Waals surface area contributed by atoms with Gasteiger partial charge in [-0.3, -0.25) is 9.59 Å². The van der Waals surface area contributed by atoms with Crippen LogP contribution in [0.3, 0.4) is 0 Å². The molecule has 0 aliphatic heterocycles. The summed E-state index contributed by atoms with van der Waals surface area (Å²) in [5.74, 6) is 0.447. The molecule has 0 amide bonds. The highest BCUT2D eigenvalue weighted by Crippen LogP contribution is 2.37. The molecule has 1 heterocycles. The highest BCUT2D eigenvalue weighted by atomic mass is 79.9. The van der Waals surface area contributed by atoms with Gasteiger partial charge >= 0.3 is 5.97 Å². The second-order valence-electron chi connectivity index (χ2n) is 6.30. The van der Waals surface area contributed by atoms with Crippen LogP contribution in [-0.2, 0) is 9.53 Å². The molecule has 1 unspecified atom stereocenters. The summed E-state index contributed by atoms with van der Waals surface area (Å²) in [4.78, 5) is 24.7. The first-order valence-corrected chi connectivity index (χ1v) is 10.8. The summed E-state index contributed by atoms with van der Waals surface area (Å²) in [6, 6.07) is 5.66. The van der Waals surface area contributed by atoms with Gasteiger partial charge in [0.15, 0.2) is 17.3 Å². The summed E-state index contributed by atoms with van der Waals surface area (Å²) in [5.41, 5.74) is 0. The van der Waals surface area contributed by atoms with Crippen LogP contribution >= 0.6 is 27.3 Å². The number of benzene rings is 1. The Bertz CT molecular complexity index is 786. The summed E-state index contributed by atoms with van der Waals surface area (Å²) >= 11 is 4.82. The number of carbonyl (C=O) groups excluding carboxylic acids is 2. The number of Topliss-reactive ketones (excluding diaryl/α,β-unsaturated/α-hetero) is 1. The van der Waals surface area contributed by atoms with E-state index in [0.29, 0.717) is 23.0 Å². The van der Waals surface area contributed by atoms with Crippen molar-refractivity contribution in [1.29, 1.82) is 0 Å². The van der Waals surface area contributed by atoms with E-state index in [2.05, 4.69) is 15.9 Å². The Kier molecular flexibility index (Phi) is 8.57. The zero-order chi connectivity index (χ0) is 19.8. The normalized spacial score (nSPS) is 12.0. The van der Waals surface area contributed by atoms with Crippen molar-refractivity contribution in [2.24, 2.45) is 5.92 Å². The highest BCUT2D eigenvalue weighted by Gasteiger charge is 2.20. The molecule has 148 valence electrons. The minimum atomic E-state index is -0.458. The standard InChI is InChI=1S/C20H25BrO5S/c1-13(20(23)25-3)9-15(22)19-11-14-10-17(26-8-6-4-5-7-21)16(24-2)12-18(14)27-19/h10-13H,4-9H2,1-3H3. The lowest BCUT2D eigenvalue weighted by molar-refractivity contribution is -0.144. The fraction of sp³-hybridized carbons (Fsp3) is 0.500. The number of ketones is 1. The van der Waals surface area contributed by atoms with Crippen LogP contribution in [-0.4, -0.2) is 37.9 Å². The highest BCUT2D eigenvalue weighted by molar-refractivity contribution is 9.09. The molecule has 1 aromatic carbocycles. The van der Waals surface area contributed by atoms with Crippen LogP contribution in [0.25, 0.3) is 10.1 Å². The van der Waals surface area contributed by atoms with E-state index in [-0.39, 0.29) is 18.2 Å². The Morgan fingerprint density at radius 2 is 1.89 bits per heavy atom. The van der Waals surface area contributed by atoms with Crippen LogP contribution in [0.2, 0.25) is 0 Å². The van der Waals surface area contributed by atoms with Crippen molar-refractivity contribution in [1.82, 2.24) is 0 Å². The summed E-state index contributed by atoms with van der Waals surface area (Å²) < 4.78 is 17.0. The van der Waals surface area contributed by atoms with E-state index in [1.807, 2.05) is 18.2 Å². The van der Waals surface area contributed by atoms with E-state index in [0.717, 1.165) is 34.7 Å². The molecule has 0 N–H and O–H groups in total. The maximum atomic E-state index is 12.5. The van der Waals surface area contributed by atoms with Gasteiger partial charge in [-0.25, -0.2) is 0 Å². The molecule has 1 atom stereocenters. The molecular formula is C20H25BrO5S. The third-order valence-corrected chi connectivity index (χ3v) is 5.91. The van der Waals surface area contributed by atoms with Crippen molar-refractivity contribution in [2.45, 2.75) is 32.6 Å². The van der Waals surface area contributed by atoms with Gasteiger partial charge in [0.25, 0.3) is 0 Å². The van der Waals surface area contributed by atoms with E-state index in [1.54, 1.807) is 14.0 Å². The molecule has 0 bridgehead atoms. The van der Waals surface area contributed by atoms with Crippen LogP contribution in [0.1, 0.15) is 42.3 Å². The molecule has 0 fully saturated rings. The van der Waals surface area contributed by atoms with E-state index < -0.39 is 5.92 Å². The van der Waals surface area contributed by atoms with Gasteiger partial charge in [0.05, 0.1) is 31.6 Å². The maximum absolute atomic E-state index is 12.5. The monoisotopic (exact) mass is 456 g/mol. The van der Waals surface area contributed by atoms with E-state index in [1.165, 1.54) is 18.4 Å². The number of thiophene rings is 1. The number of halogens is 1. The number of carbonyl (C=O) groups is 2. The number of alkyl halides is 1. The maximum Gasteiger partial charge on any atom is 0.308 e. The Morgan fingerprint density at radius 3 is 2.56 bits per heavy atom. The minimum Gasteiger partial charge on any atom is -0.493 e. The third kappa shape index (κ3) is 5.94. The van der Waals surface area contributed by atoms with Gasteiger partial charge in [-0.2, -0.15) is 0 Å². The molecular weight excluding hydrogens is 432 g/mol. The number of fused-ring (bicyclic) bond motifs is 1. The molecule has 0 aliphatic rings. The summed E-state index contributed by atoms with van der Waals surface area (Å²) in [6.45, 7) is 2.32. The van der Waals surface area contributed by atoms with Gasteiger partial charge in [0.2, 0.25) is 0 Å². The van der Waals surface area contributed by atoms with Crippen molar-refractivity contribution < 1.29 is 23.8 Å². The first kappa shape index (κ1) is 21.7. The van der Waals surface area contributed by atoms with Crippen LogP contribution in [0, 0.1) is 5.92 Å². The van der Waals surface area contributed by atoms with Crippen LogP contribution < -0.4 is 9.47 Å². The molecule has 0 saturated carbocycles. The Labute approximate surface area is 172 Å². The Balaban J connectivity index is 2.13. The third-order valence-electron chi connectivity index (χ3n) is 4.21. The number of esters is 1. The van der Waals surface area contributed by atoms with Gasteiger partial charge in [0, 0.05) is 22.5 Å². The zero-order valence-corrected chi connectivity index (χ0v) is 18.3. The molecule has 0 radical (unpaired) electrons. The fourth-order valence-electron chi connectivity index (χ4n) is 2.68. The SMILES string of the molecule is COC(=O)C(C)CC(=O)c1cc2cc(OCCCCCBr)c(OC)cc2s1. The van der Waals surface area contributed by atoms with Gasteiger partial charge in [0.1, 0.15) is 0 Å². The first-order chi connectivity index (χ1) is 13.0. The number of ether oxygens (including phenoxy) is 3.